The first kappa shape index (κ1) is 8.05. The van der Waals surface area contributed by atoms with Crippen molar-refractivity contribution in [1.82, 2.24) is 9.55 Å². The van der Waals surface area contributed by atoms with Crippen molar-refractivity contribution in [2.24, 2.45) is 5.41 Å². The van der Waals surface area contributed by atoms with Gasteiger partial charge < -0.3 is 9.55 Å². The average Bonchev–Trinajstić information content (AvgIpc) is 2.74. The van der Waals surface area contributed by atoms with Crippen LogP contribution in [0.25, 0.3) is 0 Å². The van der Waals surface area contributed by atoms with Crippen molar-refractivity contribution in [3.05, 3.63) is 17.2 Å². The van der Waals surface area contributed by atoms with Crippen molar-refractivity contribution < 1.29 is 0 Å². The maximum absolute atomic E-state index is 5.14. The summed E-state index contributed by atoms with van der Waals surface area (Å²) in [6, 6.07) is 0. The highest BCUT2D eigenvalue weighted by Gasteiger charge is 2.40. The molecule has 3 heteroatoms. The first-order valence-corrected chi connectivity index (χ1v) is 4.90. The Labute approximate surface area is 77.6 Å². The van der Waals surface area contributed by atoms with Crippen LogP contribution in [0.3, 0.4) is 0 Å². The van der Waals surface area contributed by atoms with Crippen LogP contribution >= 0.6 is 12.2 Å². The Morgan fingerprint density at radius 1 is 1.67 bits per heavy atom. The van der Waals surface area contributed by atoms with E-state index >= 15 is 0 Å². The van der Waals surface area contributed by atoms with Gasteiger partial charge in [0.1, 0.15) is 0 Å². The number of aromatic amines is 1. The molecule has 0 bridgehead atoms. The van der Waals surface area contributed by atoms with Crippen LogP contribution in [-0.4, -0.2) is 9.55 Å². The van der Waals surface area contributed by atoms with Gasteiger partial charge in [-0.2, -0.15) is 0 Å². The molecule has 1 aromatic heterocycles. The van der Waals surface area contributed by atoms with Crippen LogP contribution < -0.4 is 0 Å². The molecule has 0 spiro atoms. The number of H-pyrrole nitrogens is 1. The molecule has 0 amide bonds. The van der Waals surface area contributed by atoms with Crippen LogP contribution in [-0.2, 0) is 6.54 Å². The first-order valence-electron chi connectivity index (χ1n) is 4.50. The van der Waals surface area contributed by atoms with Gasteiger partial charge >= 0.3 is 0 Å². The topological polar surface area (TPSA) is 20.7 Å². The molecule has 0 radical (unpaired) electrons. The summed E-state index contributed by atoms with van der Waals surface area (Å²) in [6.45, 7) is 3.37. The fourth-order valence-corrected chi connectivity index (χ4v) is 1.83. The number of imidazole rings is 1. The van der Waals surface area contributed by atoms with Crippen molar-refractivity contribution >= 4 is 12.2 Å². The number of aromatic nitrogens is 2. The summed E-state index contributed by atoms with van der Waals surface area (Å²) in [4.78, 5) is 3.02. The Bertz CT molecular complexity index is 319. The number of nitrogens with zero attached hydrogens (tertiary/aromatic N) is 1. The van der Waals surface area contributed by atoms with Crippen molar-refractivity contribution in [2.45, 2.75) is 32.7 Å². The molecule has 0 aliphatic heterocycles. The standard InChI is InChI=1S/C9H14N2S/c1-2-9(3-4-9)7-11-6-5-10-8(11)12/h5-6H,2-4,7H2,1H3,(H,10,12). The highest BCUT2D eigenvalue weighted by Crippen LogP contribution is 2.49. The Morgan fingerprint density at radius 2 is 2.42 bits per heavy atom. The van der Waals surface area contributed by atoms with Gasteiger partial charge in [0.05, 0.1) is 0 Å². The molecule has 1 aliphatic rings. The highest BCUT2D eigenvalue weighted by molar-refractivity contribution is 7.71. The lowest BCUT2D eigenvalue weighted by Gasteiger charge is -2.12. The summed E-state index contributed by atoms with van der Waals surface area (Å²) in [5.74, 6) is 0. The largest absolute Gasteiger partial charge is 0.337 e. The normalized spacial score (nSPS) is 19.4. The van der Waals surface area contributed by atoms with Gasteiger partial charge in [-0.3, -0.25) is 0 Å². The molecule has 1 heterocycles. The smallest absolute Gasteiger partial charge is 0.177 e. The van der Waals surface area contributed by atoms with Crippen molar-refractivity contribution in [3.8, 4) is 0 Å². The minimum Gasteiger partial charge on any atom is -0.337 e. The summed E-state index contributed by atoms with van der Waals surface area (Å²) in [7, 11) is 0. The maximum atomic E-state index is 5.14. The molecule has 1 saturated carbocycles. The highest BCUT2D eigenvalue weighted by atomic mass is 32.1. The SMILES string of the molecule is CCC1(Cn2cc[nH]c2=S)CC1. The molecule has 1 fully saturated rings. The molecule has 0 aromatic carbocycles. The second kappa shape index (κ2) is 2.73. The predicted octanol–water partition coefficient (Wildman–Crippen LogP) is 2.74. The van der Waals surface area contributed by atoms with Gasteiger partial charge in [-0.1, -0.05) is 6.92 Å². The maximum Gasteiger partial charge on any atom is 0.177 e. The zero-order valence-corrected chi connectivity index (χ0v) is 8.16. The number of rotatable bonds is 3. The van der Waals surface area contributed by atoms with Crippen LogP contribution in [0.5, 0.6) is 0 Å². The van der Waals surface area contributed by atoms with Crippen molar-refractivity contribution in [3.63, 3.8) is 0 Å². The Morgan fingerprint density at radius 3 is 2.83 bits per heavy atom. The summed E-state index contributed by atoms with van der Waals surface area (Å²) < 4.78 is 3.00. The third kappa shape index (κ3) is 1.33. The minimum absolute atomic E-state index is 0.584. The van der Waals surface area contributed by atoms with Gasteiger partial charge in [-0.25, -0.2) is 0 Å². The van der Waals surface area contributed by atoms with Crippen LogP contribution in [0.4, 0.5) is 0 Å². The third-order valence-electron chi connectivity index (χ3n) is 2.94. The lowest BCUT2D eigenvalue weighted by atomic mass is 10.0. The Hall–Kier alpha value is -0.570. The Kier molecular flexibility index (Phi) is 1.83. The molecule has 2 rings (SSSR count). The number of hydrogen-bond donors (Lipinski definition) is 1. The summed E-state index contributed by atoms with van der Waals surface area (Å²) in [5, 5.41) is 0. The fraction of sp³-hybridized carbons (Fsp3) is 0.667. The van der Waals surface area contributed by atoms with Crippen LogP contribution in [0, 0.1) is 10.2 Å². The second-order valence-electron chi connectivity index (χ2n) is 3.75. The van der Waals surface area contributed by atoms with Gasteiger partial charge in [0.15, 0.2) is 4.77 Å². The van der Waals surface area contributed by atoms with E-state index in [1.807, 2.05) is 12.4 Å². The second-order valence-corrected chi connectivity index (χ2v) is 4.13. The minimum atomic E-state index is 0.584. The molecule has 2 nitrogen and oxygen atoms in total. The summed E-state index contributed by atoms with van der Waals surface area (Å²) in [6.07, 6.45) is 7.97. The number of nitrogens with one attached hydrogen (secondary N) is 1. The van der Waals surface area contributed by atoms with Crippen LogP contribution in [0.1, 0.15) is 26.2 Å². The molecular weight excluding hydrogens is 168 g/mol. The van der Waals surface area contributed by atoms with Gasteiger partial charge in [0, 0.05) is 18.9 Å². The molecule has 0 unspecified atom stereocenters. The zero-order valence-electron chi connectivity index (χ0n) is 7.34. The molecule has 66 valence electrons. The van der Waals surface area contributed by atoms with Crippen molar-refractivity contribution in [2.75, 3.05) is 0 Å². The lowest BCUT2D eigenvalue weighted by molar-refractivity contribution is 0.406. The van der Waals surface area contributed by atoms with E-state index in [9.17, 15) is 0 Å². The van der Waals surface area contributed by atoms with E-state index < -0.39 is 0 Å². The van der Waals surface area contributed by atoms with E-state index in [-0.39, 0.29) is 0 Å². The Balaban J connectivity index is 2.14. The number of hydrogen-bond acceptors (Lipinski definition) is 1. The van der Waals surface area contributed by atoms with Crippen molar-refractivity contribution in [1.29, 1.82) is 0 Å². The molecule has 0 atom stereocenters. The van der Waals surface area contributed by atoms with E-state index in [0.717, 1.165) is 11.3 Å². The quantitative estimate of drug-likeness (QED) is 0.713. The zero-order chi connectivity index (χ0) is 8.60. The van der Waals surface area contributed by atoms with Crippen LogP contribution in [0.2, 0.25) is 0 Å². The molecular formula is C9H14N2S. The van der Waals surface area contributed by atoms with E-state index in [2.05, 4.69) is 16.5 Å². The molecule has 1 aromatic rings. The first-order chi connectivity index (χ1) is 5.76. The molecule has 12 heavy (non-hydrogen) atoms. The van der Waals surface area contributed by atoms with Gasteiger partial charge in [-0.05, 0) is 36.9 Å². The van der Waals surface area contributed by atoms with Gasteiger partial charge in [0.25, 0.3) is 0 Å². The molecule has 0 saturated heterocycles. The average molecular weight is 182 g/mol. The van der Waals surface area contributed by atoms with Gasteiger partial charge in [-0.15, -0.1) is 0 Å². The van der Waals surface area contributed by atoms with E-state index in [0.29, 0.717) is 5.41 Å². The summed E-state index contributed by atoms with van der Waals surface area (Å²) in [5.41, 5.74) is 0.584. The lowest BCUT2D eigenvalue weighted by Crippen LogP contribution is -2.09. The van der Waals surface area contributed by atoms with E-state index in [4.69, 9.17) is 12.2 Å². The third-order valence-corrected chi connectivity index (χ3v) is 3.29. The predicted molar refractivity (Wildman–Crippen MR) is 51.6 cm³/mol. The van der Waals surface area contributed by atoms with Crippen LogP contribution in [0.15, 0.2) is 12.4 Å². The monoisotopic (exact) mass is 182 g/mol. The summed E-state index contributed by atoms with van der Waals surface area (Å²) >= 11 is 5.14. The fourth-order valence-electron chi connectivity index (χ4n) is 1.64. The van der Waals surface area contributed by atoms with E-state index in [1.54, 1.807) is 0 Å². The van der Waals surface area contributed by atoms with E-state index in [1.165, 1.54) is 19.3 Å². The van der Waals surface area contributed by atoms with Gasteiger partial charge in [0.2, 0.25) is 0 Å². The molecule has 1 aliphatic carbocycles. The molecule has 1 N–H and O–H groups in total.